The molecule has 0 saturated carbocycles. The summed E-state index contributed by atoms with van der Waals surface area (Å²) in [6.45, 7) is -0.868. The minimum Gasteiger partial charge on any atom is -0.505 e. The maximum absolute atomic E-state index is 12.8. The van der Waals surface area contributed by atoms with Crippen molar-refractivity contribution in [2.24, 2.45) is 0 Å². The molecule has 1 heterocycles. The number of halogens is 6. The fourth-order valence-corrected chi connectivity index (χ4v) is 1.97. The Hall–Kier alpha value is -3.05. The molecule has 140 valence electrons. The number of carboxylic acid groups (broad SMARTS) is 1. The van der Waals surface area contributed by atoms with Crippen LogP contribution in [-0.4, -0.2) is 26.3 Å². The molecule has 2 rings (SSSR count). The molecular formula is C14H9F6N3O3. The summed E-state index contributed by atoms with van der Waals surface area (Å²) in [5.74, 6) is -0.932. The Balaban J connectivity index is 2.48. The van der Waals surface area contributed by atoms with Crippen molar-refractivity contribution >= 4 is 12.0 Å². The number of aromatic nitrogens is 2. The van der Waals surface area contributed by atoms with E-state index < -0.39 is 53.4 Å². The van der Waals surface area contributed by atoms with Crippen molar-refractivity contribution in [3.05, 3.63) is 47.3 Å². The van der Waals surface area contributed by atoms with Crippen LogP contribution in [-0.2, 0) is 18.9 Å². The Kier molecular flexibility index (Phi) is 4.96. The predicted molar refractivity (Wildman–Crippen MR) is 74.4 cm³/mol. The maximum Gasteiger partial charge on any atom is 0.416 e. The molecule has 0 bridgehead atoms. The van der Waals surface area contributed by atoms with E-state index in [1.807, 2.05) is 0 Å². The van der Waals surface area contributed by atoms with Crippen molar-refractivity contribution in [3.8, 4) is 5.75 Å². The monoisotopic (exact) mass is 381 g/mol. The van der Waals surface area contributed by atoms with Crippen molar-refractivity contribution in [1.82, 2.24) is 9.97 Å². The molecule has 26 heavy (non-hydrogen) atoms. The molecule has 1 amide bonds. The summed E-state index contributed by atoms with van der Waals surface area (Å²) in [4.78, 5) is 18.6. The lowest BCUT2D eigenvalue weighted by Gasteiger charge is -2.19. The van der Waals surface area contributed by atoms with Gasteiger partial charge in [0.05, 0.1) is 30.1 Å². The normalized spacial score (nSPS) is 12.1. The van der Waals surface area contributed by atoms with Crippen LogP contribution in [0.2, 0.25) is 0 Å². The molecule has 0 unspecified atom stereocenters. The fraction of sp³-hybridized carbons (Fsp3) is 0.214. The molecule has 0 atom stereocenters. The SMILES string of the molecule is O=C(O)N(Cc1cc(C(F)(F)F)cc(C(F)(F)F)c1)c1ncc(O)cn1. The minimum absolute atomic E-state index is 0.0638. The van der Waals surface area contributed by atoms with Gasteiger partial charge in [0.25, 0.3) is 0 Å². The van der Waals surface area contributed by atoms with E-state index in [9.17, 15) is 31.1 Å². The van der Waals surface area contributed by atoms with Crippen LogP contribution in [0.5, 0.6) is 5.75 Å². The molecule has 0 fully saturated rings. The number of carbonyl (C=O) groups is 1. The quantitative estimate of drug-likeness (QED) is 0.788. The van der Waals surface area contributed by atoms with Crippen molar-refractivity contribution in [1.29, 1.82) is 0 Å². The Morgan fingerprint density at radius 1 is 0.962 bits per heavy atom. The second-order valence-electron chi connectivity index (χ2n) is 5.02. The summed E-state index contributed by atoms with van der Waals surface area (Å²) in [6, 6.07) is 0.753. The number of rotatable bonds is 3. The second kappa shape index (κ2) is 6.69. The zero-order valence-corrected chi connectivity index (χ0v) is 12.5. The van der Waals surface area contributed by atoms with Gasteiger partial charge in [-0.1, -0.05) is 0 Å². The zero-order chi connectivity index (χ0) is 19.7. The summed E-state index contributed by atoms with van der Waals surface area (Å²) in [5, 5.41) is 18.2. The molecule has 0 radical (unpaired) electrons. The van der Waals surface area contributed by atoms with Crippen LogP contribution in [0.1, 0.15) is 16.7 Å². The van der Waals surface area contributed by atoms with E-state index in [1.165, 1.54) is 0 Å². The van der Waals surface area contributed by atoms with E-state index in [4.69, 9.17) is 10.2 Å². The van der Waals surface area contributed by atoms with Gasteiger partial charge in [-0.05, 0) is 23.8 Å². The molecule has 2 aromatic rings. The van der Waals surface area contributed by atoms with Gasteiger partial charge in [0, 0.05) is 0 Å². The largest absolute Gasteiger partial charge is 0.505 e. The molecule has 0 aliphatic rings. The zero-order valence-electron chi connectivity index (χ0n) is 12.5. The molecule has 2 N–H and O–H groups in total. The molecule has 1 aromatic heterocycles. The molecule has 0 spiro atoms. The van der Waals surface area contributed by atoms with E-state index in [0.29, 0.717) is 17.0 Å². The van der Waals surface area contributed by atoms with Gasteiger partial charge in [-0.3, -0.25) is 0 Å². The van der Waals surface area contributed by atoms with Crippen LogP contribution in [0.3, 0.4) is 0 Å². The highest BCUT2D eigenvalue weighted by molar-refractivity contribution is 5.83. The molecular weight excluding hydrogens is 372 g/mol. The number of hydrogen-bond donors (Lipinski definition) is 2. The highest BCUT2D eigenvalue weighted by atomic mass is 19.4. The third-order valence-corrected chi connectivity index (χ3v) is 3.09. The number of aromatic hydroxyl groups is 1. The molecule has 0 aliphatic heterocycles. The van der Waals surface area contributed by atoms with E-state index >= 15 is 0 Å². The van der Waals surface area contributed by atoms with E-state index in [-0.39, 0.29) is 6.07 Å². The Morgan fingerprint density at radius 3 is 1.81 bits per heavy atom. The third kappa shape index (κ3) is 4.52. The molecule has 0 aliphatic carbocycles. The lowest BCUT2D eigenvalue weighted by molar-refractivity contribution is -0.143. The van der Waals surface area contributed by atoms with Crippen LogP contribution in [0.4, 0.5) is 37.1 Å². The van der Waals surface area contributed by atoms with Crippen molar-refractivity contribution < 1.29 is 41.4 Å². The molecule has 12 heteroatoms. The number of alkyl halides is 6. The van der Waals surface area contributed by atoms with Gasteiger partial charge in [-0.2, -0.15) is 26.3 Å². The highest BCUT2D eigenvalue weighted by Gasteiger charge is 2.37. The van der Waals surface area contributed by atoms with E-state index in [0.717, 1.165) is 12.4 Å². The Morgan fingerprint density at radius 2 is 1.42 bits per heavy atom. The van der Waals surface area contributed by atoms with Crippen molar-refractivity contribution in [2.75, 3.05) is 4.90 Å². The van der Waals surface area contributed by atoms with E-state index in [1.54, 1.807) is 0 Å². The van der Waals surface area contributed by atoms with Crippen LogP contribution in [0.25, 0.3) is 0 Å². The summed E-state index contributed by atoms with van der Waals surface area (Å²) >= 11 is 0. The van der Waals surface area contributed by atoms with E-state index in [2.05, 4.69) is 9.97 Å². The van der Waals surface area contributed by atoms with Crippen molar-refractivity contribution in [2.45, 2.75) is 18.9 Å². The first-order chi connectivity index (χ1) is 11.9. The second-order valence-corrected chi connectivity index (χ2v) is 5.02. The van der Waals surface area contributed by atoms with Crippen molar-refractivity contribution in [3.63, 3.8) is 0 Å². The average Bonchev–Trinajstić information content (AvgIpc) is 2.51. The molecule has 1 aromatic carbocycles. The third-order valence-electron chi connectivity index (χ3n) is 3.09. The summed E-state index contributed by atoms with van der Waals surface area (Å²) in [5.41, 5.74) is -3.70. The van der Waals surface area contributed by atoms with Crippen LogP contribution >= 0.6 is 0 Å². The Bertz CT molecular complexity index is 773. The number of anilines is 1. The average molecular weight is 381 g/mol. The van der Waals surface area contributed by atoms with Gasteiger partial charge < -0.3 is 10.2 Å². The molecule has 6 nitrogen and oxygen atoms in total. The summed E-state index contributed by atoms with van der Waals surface area (Å²) in [7, 11) is 0. The van der Waals surface area contributed by atoms with Gasteiger partial charge in [-0.25, -0.2) is 19.7 Å². The number of nitrogens with zero attached hydrogens (tertiary/aromatic N) is 3. The van der Waals surface area contributed by atoms with Crippen LogP contribution in [0, 0.1) is 0 Å². The lowest BCUT2D eigenvalue weighted by Crippen LogP contribution is -2.30. The highest BCUT2D eigenvalue weighted by Crippen LogP contribution is 2.36. The standard InChI is InChI=1S/C14H9F6N3O3/c15-13(16,17)8-1-7(2-9(3-8)14(18,19)20)6-23(12(25)26)11-21-4-10(24)5-22-11/h1-5,24H,6H2,(H,25,26). The first kappa shape index (κ1) is 19.3. The molecule has 0 saturated heterocycles. The smallest absolute Gasteiger partial charge is 0.416 e. The first-order valence-corrected chi connectivity index (χ1v) is 6.68. The van der Waals surface area contributed by atoms with Gasteiger partial charge in [0.15, 0.2) is 5.75 Å². The first-order valence-electron chi connectivity index (χ1n) is 6.68. The van der Waals surface area contributed by atoms with Gasteiger partial charge in [0.1, 0.15) is 0 Å². The maximum atomic E-state index is 12.8. The number of amides is 1. The summed E-state index contributed by atoms with van der Waals surface area (Å²) in [6.07, 6.45) is -10.2. The Labute approximate surface area is 141 Å². The summed E-state index contributed by atoms with van der Waals surface area (Å²) < 4.78 is 77.1. The van der Waals surface area contributed by atoms with Gasteiger partial charge in [-0.15, -0.1) is 0 Å². The van der Waals surface area contributed by atoms with Crippen LogP contribution in [0.15, 0.2) is 30.6 Å². The predicted octanol–water partition coefficient (Wildman–Crippen LogP) is 3.90. The number of hydrogen-bond acceptors (Lipinski definition) is 4. The number of benzene rings is 1. The minimum atomic E-state index is -5.06. The topological polar surface area (TPSA) is 86.5 Å². The fourth-order valence-electron chi connectivity index (χ4n) is 1.97. The van der Waals surface area contributed by atoms with Crippen LogP contribution < -0.4 is 4.90 Å². The lowest BCUT2D eigenvalue weighted by atomic mass is 10.0. The van der Waals surface area contributed by atoms with Gasteiger partial charge in [0.2, 0.25) is 5.95 Å². The van der Waals surface area contributed by atoms with Gasteiger partial charge >= 0.3 is 18.4 Å².